The molecule has 1 fully saturated rings. The van der Waals surface area contributed by atoms with Crippen LogP contribution in [0.5, 0.6) is 0 Å². The molecule has 4 heteroatoms. The fourth-order valence-corrected chi connectivity index (χ4v) is 4.11. The van der Waals surface area contributed by atoms with E-state index in [1.165, 1.54) is 44.6 Å². The van der Waals surface area contributed by atoms with Gasteiger partial charge >= 0.3 is 5.97 Å². The van der Waals surface area contributed by atoms with E-state index in [4.69, 9.17) is 16.3 Å². The molecule has 3 nitrogen and oxygen atoms in total. The van der Waals surface area contributed by atoms with Gasteiger partial charge in [-0.15, -0.1) is 11.6 Å². The third-order valence-electron chi connectivity index (χ3n) is 5.38. The van der Waals surface area contributed by atoms with Crippen LogP contribution in [0.3, 0.4) is 0 Å². The molecule has 150 valence electrons. The fourth-order valence-electron chi connectivity index (χ4n) is 3.92. The molecule has 0 heterocycles. The number of Topliss-reactive ketones (excluding diaryl/α,β-unsaturated/α-hetero) is 1. The van der Waals surface area contributed by atoms with Crippen LogP contribution in [0.25, 0.3) is 0 Å². The van der Waals surface area contributed by atoms with Crippen molar-refractivity contribution in [3.05, 3.63) is 12.2 Å². The Labute approximate surface area is 164 Å². The molecule has 1 rings (SSSR count). The van der Waals surface area contributed by atoms with Gasteiger partial charge in [0.25, 0.3) is 0 Å². The smallest absolute Gasteiger partial charge is 0.330 e. The van der Waals surface area contributed by atoms with Gasteiger partial charge in [0.15, 0.2) is 0 Å². The lowest BCUT2D eigenvalue weighted by atomic mass is 9.86. The third kappa shape index (κ3) is 10.4. The van der Waals surface area contributed by atoms with Crippen molar-refractivity contribution in [1.29, 1.82) is 0 Å². The van der Waals surface area contributed by atoms with Gasteiger partial charge in [0.05, 0.1) is 6.61 Å². The molecule has 0 unspecified atom stereocenters. The minimum atomic E-state index is -0.263. The Morgan fingerprint density at radius 1 is 1.08 bits per heavy atom. The van der Waals surface area contributed by atoms with Crippen LogP contribution in [0.4, 0.5) is 0 Å². The number of alkyl halides is 1. The van der Waals surface area contributed by atoms with Crippen molar-refractivity contribution < 1.29 is 14.3 Å². The molecule has 0 aromatic carbocycles. The molecule has 0 N–H and O–H groups in total. The number of carbonyl (C=O) groups is 2. The Morgan fingerprint density at radius 2 is 1.77 bits per heavy atom. The van der Waals surface area contributed by atoms with Crippen LogP contribution in [0.2, 0.25) is 0 Å². The van der Waals surface area contributed by atoms with E-state index in [9.17, 15) is 9.59 Å². The van der Waals surface area contributed by atoms with Gasteiger partial charge in [-0.1, -0.05) is 44.6 Å². The molecule has 1 saturated carbocycles. The number of ether oxygens (including phenoxy) is 1. The summed E-state index contributed by atoms with van der Waals surface area (Å²) in [7, 11) is 0. The van der Waals surface area contributed by atoms with Crippen LogP contribution < -0.4 is 0 Å². The first-order valence-electron chi connectivity index (χ1n) is 10.6. The van der Waals surface area contributed by atoms with Gasteiger partial charge < -0.3 is 4.74 Å². The molecule has 0 radical (unpaired) electrons. The number of unbranched alkanes of at least 4 members (excludes halogenated alkanes) is 7. The van der Waals surface area contributed by atoms with Gasteiger partial charge in [0, 0.05) is 24.3 Å². The highest BCUT2D eigenvalue weighted by molar-refractivity contribution is 6.17. The van der Waals surface area contributed by atoms with Gasteiger partial charge in [-0.05, 0) is 51.4 Å². The minimum absolute atomic E-state index is 0.263. The number of ketones is 1. The number of hydrogen-bond acceptors (Lipinski definition) is 3. The first-order chi connectivity index (χ1) is 12.7. The molecule has 1 aliphatic carbocycles. The molecule has 0 saturated heterocycles. The first-order valence-corrected chi connectivity index (χ1v) is 11.1. The lowest BCUT2D eigenvalue weighted by Crippen LogP contribution is -2.14. The first kappa shape index (κ1) is 23.2. The summed E-state index contributed by atoms with van der Waals surface area (Å²) < 4.78 is 4.86. The van der Waals surface area contributed by atoms with E-state index in [-0.39, 0.29) is 5.97 Å². The summed E-state index contributed by atoms with van der Waals surface area (Å²) in [6, 6.07) is 0. The maximum Gasteiger partial charge on any atom is 0.330 e. The summed E-state index contributed by atoms with van der Waals surface area (Å²) in [5, 5.41) is 0. The number of halogens is 1. The zero-order chi connectivity index (χ0) is 19.0. The van der Waals surface area contributed by atoms with E-state index in [0.717, 1.165) is 50.8 Å². The van der Waals surface area contributed by atoms with Crippen LogP contribution in [0, 0.1) is 11.8 Å². The Balaban J connectivity index is 2.13. The maximum absolute atomic E-state index is 12.2. The summed E-state index contributed by atoms with van der Waals surface area (Å²) in [6.07, 6.45) is 18.0. The summed E-state index contributed by atoms with van der Waals surface area (Å²) >= 11 is 5.70. The van der Waals surface area contributed by atoms with Crippen molar-refractivity contribution in [2.45, 2.75) is 90.4 Å². The molecule has 2 atom stereocenters. The van der Waals surface area contributed by atoms with Crippen LogP contribution >= 0.6 is 11.6 Å². The zero-order valence-corrected chi connectivity index (χ0v) is 17.3. The molecule has 0 bridgehead atoms. The van der Waals surface area contributed by atoms with E-state index in [0.29, 0.717) is 24.2 Å². The van der Waals surface area contributed by atoms with Gasteiger partial charge in [-0.3, -0.25) is 4.79 Å². The van der Waals surface area contributed by atoms with Crippen molar-refractivity contribution in [1.82, 2.24) is 0 Å². The van der Waals surface area contributed by atoms with Crippen LogP contribution in [0.15, 0.2) is 12.2 Å². The Kier molecular flexibility index (Phi) is 13.6. The van der Waals surface area contributed by atoms with Crippen molar-refractivity contribution in [2.24, 2.45) is 11.8 Å². The average molecular weight is 385 g/mol. The van der Waals surface area contributed by atoms with E-state index >= 15 is 0 Å². The number of allylic oxidation sites excluding steroid dienone is 1. The maximum atomic E-state index is 12.2. The Bertz CT molecular complexity index is 420. The Hall–Kier alpha value is -0.830. The lowest BCUT2D eigenvalue weighted by molar-refractivity contribution is -0.137. The van der Waals surface area contributed by atoms with Crippen molar-refractivity contribution in [3.63, 3.8) is 0 Å². The monoisotopic (exact) mass is 384 g/mol. The van der Waals surface area contributed by atoms with E-state index in [2.05, 4.69) is 0 Å². The number of carbonyl (C=O) groups excluding carboxylic acids is 2. The van der Waals surface area contributed by atoms with Crippen LogP contribution in [-0.4, -0.2) is 24.2 Å². The third-order valence-corrected chi connectivity index (χ3v) is 5.65. The number of esters is 1. The number of rotatable bonds is 15. The molecule has 0 amide bonds. The molecule has 0 aliphatic heterocycles. The summed E-state index contributed by atoms with van der Waals surface area (Å²) in [4.78, 5) is 23.4. The second-order valence-electron chi connectivity index (χ2n) is 7.41. The van der Waals surface area contributed by atoms with E-state index in [1.807, 2.05) is 13.0 Å². The Morgan fingerprint density at radius 3 is 2.50 bits per heavy atom. The summed E-state index contributed by atoms with van der Waals surface area (Å²) in [5.74, 6) is 1.91. The molecular weight excluding hydrogens is 348 g/mol. The number of hydrogen-bond donors (Lipinski definition) is 0. The van der Waals surface area contributed by atoms with Gasteiger partial charge in [-0.2, -0.15) is 0 Å². The normalized spacial score (nSPS) is 20.2. The molecule has 1 aliphatic rings. The predicted octanol–water partition coefficient (Wildman–Crippen LogP) is 6.23. The van der Waals surface area contributed by atoms with Crippen molar-refractivity contribution in [3.8, 4) is 0 Å². The van der Waals surface area contributed by atoms with Gasteiger partial charge in [0.2, 0.25) is 0 Å². The second kappa shape index (κ2) is 15.2. The molecule has 26 heavy (non-hydrogen) atoms. The topological polar surface area (TPSA) is 43.4 Å². The highest BCUT2D eigenvalue weighted by atomic mass is 35.5. The SMILES string of the molecule is CCOC(=O)C=CCCCC[C@H]1C(=O)CC[C@@H]1CCCCCCCCCl. The largest absolute Gasteiger partial charge is 0.463 e. The molecule has 0 spiro atoms. The van der Waals surface area contributed by atoms with Crippen molar-refractivity contribution >= 4 is 23.4 Å². The molecule has 0 aromatic heterocycles. The summed E-state index contributed by atoms with van der Waals surface area (Å²) in [5.41, 5.74) is 0. The van der Waals surface area contributed by atoms with Crippen molar-refractivity contribution in [2.75, 3.05) is 12.5 Å². The lowest BCUT2D eigenvalue weighted by Gasteiger charge is -2.18. The van der Waals surface area contributed by atoms with E-state index < -0.39 is 0 Å². The molecule has 0 aromatic rings. The summed E-state index contributed by atoms with van der Waals surface area (Å²) in [6.45, 7) is 2.23. The zero-order valence-electron chi connectivity index (χ0n) is 16.5. The highest BCUT2D eigenvalue weighted by Crippen LogP contribution is 2.36. The quantitative estimate of drug-likeness (QED) is 0.145. The fraction of sp³-hybridized carbons (Fsp3) is 0.818. The second-order valence-corrected chi connectivity index (χ2v) is 7.79. The average Bonchev–Trinajstić information content (AvgIpc) is 2.97. The molecular formula is C22H37ClO3. The highest BCUT2D eigenvalue weighted by Gasteiger charge is 2.33. The van der Waals surface area contributed by atoms with Gasteiger partial charge in [-0.25, -0.2) is 4.79 Å². The van der Waals surface area contributed by atoms with E-state index in [1.54, 1.807) is 0 Å². The van der Waals surface area contributed by atoms with Crippen LogP contribution in [0.1, 0.15) is 90.4 Å². The predicted molar refractivity (Wildman–Crippen MR) is 109 cm³/mol. The minimum Gasteiger partial charge on any atom is -0.463 e. The standard InChI is InChI=1S/C22H37ClO3/c1-2-26-22(25)15-11-7-6-10-14-20-19(16-17-21(20)24)13-9-5-3-4-8-12-18-23/h11,15,19-20H,2-10,12-14,16-18H2,1H3/t19-,20+/m0/s1. The van der Waals surface area contributed by atoms with Crippen LogP contribution in [-0.2, 0) is 14.3 Å². The van der Waals surface area contributed by atoms with Gasteiger partial charge in [0.1, 0.15) is 5.78 Å².